The maximum absolute atomic E-state index is 10.4. The molecule has 0 spiro atoms. The molecule has 21 heavy (non-hydrogen) atoms. The highest BCUT2D eigenvalue weighted by molar-refractivity contribution is 7.85. The molecule has 114 valence electrons. The van der Waals surface area contributed by atoms with Gasteiger partial charge in [0.2, 0.25) is 0 Å². The molecular weight excluding hydrogens is 303 g/mol. The Morgan fingerprint density at radius 2 is 1.33 bits per heavy atom. The van der Waals surface area contributed by atoms with Crippen molar-refractivity contribution < 1.29 is 13.0 Å². The Morgan fingerprint density at radius 3 is 1.67 bits per heavy atom. The molecule has 0 N–H and O–H groups in total. The fraction of sp³-hybridized carbons (Fsp3) is 0.250. The van der Waals surface area contributed by atoms with Crippen LogP contribution in [0.25, 0.3) is 0 Å². The standard InChI is InChI=1S/C9H14P.C7H8O3S/c1-10(2,3)9-7-5-4-6-8-9;1-6-2-4-7(5-3-6)11(8,9)10/h4-8H,1-3H3;2-5H,1H3,(H,8,9,10)/q+1;/p-1. The molecule has 0 aromatic heterocycles. The monoisotopic (exact) mass is 324 g/mol. The van der Waals surface area contributed by atoms with Crippen LogP contribution in [0.4, 0.5) is 0 Å². The van der Waals surface area contributed by atoms with Crippen molar-refractivity contribution in [3.8, 4) is 0 Å². The normalized spacial score (nSPS) is 11.5. The Morgan fingerprint density at radius 1 is 0.857 bits per heavy atom. The van der Waals surface area contributed by atoms with Crippen LogP contribution in [0, 0.1) is 6.92 Å². The van der Waals surface area contributed by atoms with Gasteiger partial charge in [-0.25, -0.2) is 8.42 Å². The lowest BCUT2D eigenvalue weighted by atomic mass is 10.2. The van der Waals surface area contributed by atoms with Gasteiger partial charge in [-0.3, -0.25) is 0 Å². The Hall–Kier alpha value is -1.22. The highest BCUT2D eigenvalue weighted by Gasteiger charge is 2.19. The first-order valence-electron chi connectivity index (χ1n) is 6.50. The number of rotatable bonds is 2. The summed E-state index contributed by atoms with van der Waals surface area (Å²) in [6.07, 6.45) is 0. The van der Waals surface area contributed by atoms with Crippen LogP contribution < -0.4 is 5.30 Å². The molecule has 0 saturated carbocycles. The summed E-state index contributed by atoms with van der Waals surface area (Å²) in [5.41, 5.74) is 0.928. The van der Waals surface area contributed by atoms with Crippen LogP contribution in [0.1, 0.15) is 5.56 Å². The van der Waals surface area contributed by atoms with Crippen molar-refractivity contribution in [2.24, 2.45) is 0 Å². The van der Waals surface area contributed by atoms with E-state index in [1.165, 1.54) is 17.4 Å². The SMILES string of the molecule is C[P+](C)(C)c1ccccc1.Cc1ccc(S(=O)(=O)[O-])cc1. The predicted molar refractivity (Wildman–Crippen MR) is 89.9 cm³/mol. The molecule has 2 aromatic carbocycles. The zero-order chi connectivity index (χ0) is 16.1. The van der Waals surface area contributed by atoms with Crippen LogP contribution in [-0.2, 0) is 10.1 Å². The summed E-state index contributed by atoms with van der Waals surface area (Å²) >= 11 is 0. The van der Waals surface area contributed by atoms with E-state index in [1.54, 1.807) is 12.1 Å². The van der Waals surface area contributed by atoms with Gasteiger partial charge < -0.3 is 4.55 Å². The lowest BCUT2D eigenvalue weighted by Gasteiger charge is -2.10. The van der Waals surface area contributed by atoms with E-state index >= 15 is 0 Å². The molecule has 2 aromatic rings. The van der Waals surface area contributed by atoms with Crippen molar-refractivity contribution in [2.75, 3.05) is 20.0 Å². The lowest BCUT2D eigenvalue weighted by Crippen LogP contribution is -2.05. The van der Waals surface area contributed by atoms with E-state index < -0.39 is 17.4 Å². The van der Waals surface area contributed by atoms with Gasteiger partial charge in [-0.2, -0.15) is 0 Å². The smallest absolute Gasteiger partial charge is 0.124 e. The minimum atomic E-state index is -4.27. The van der Waals surface area contributed by atoms with E-state index in [9.17, 15) is 13.0 Å². The average Bonchev–Trinajstić information content (AvgIpc) is 2.39. The summed E-state index contributed by atoms with van der Waals surface area (Å²) in [5.74, 6) is 0. The van der Waals surface area contributed by atoms with E-state index in [1.807, 2.05) is 6.92 Å². The quantitative estimate of drug-likeness (QED) is 0.630. The third-order valence-electron chi connectivity index (χ3n) is 2.84. The summed E-state index contributed by atoms with van der Waals surface area (Å²) in [7, 11) is -5.04. The average molecular weight is 324 g/mol. The van der Waals surface area contributed by atoms with Gasteiger partial charge in [0.05, 0.1) is 30.2 Å². The van der Waals surface area contributed by atoms with Gasteiger partial charge in [0.25, 0.3) is 0 Å². The fourth-order valence-electron chi connectivity index (χ4n) is 1.58. The zero-order valence-corrected chi connectivity index (χ0v) is 14.5. The number of hydrogen-bond donors (Lipinski definition) is 0. The van der Waals surface area contributed by atoms with E-state index in [0.717, 1.165) is 5.56 Å². The zero-order valence-electron chi connectivity index (χ0n) is 12.8. The van der Waals surface area contributed by atoms with Gasteiger partial charge in [-0.1, -0.05) is 35.9 Å². The molecule has 0 aliphatic carbocycles. The second-order valence-electron chi connectivity index (χ2n) is 5.62. The Balaban J connectivity index is 0.000000211. The maximum Gasteiger partial charge on any atom is 0.124 e. The molecule has 0 amide bonds. The summed E-state index contributed by atoms with van der Waals surface area (Å²) < 4.78 is 31.2. The van der Waals surface area contributed by atoms with Crippen molar-refractivity contribution in [3.05, 3.63) is 60.2 Å². The van der Waals surface area contributed by atoms with Gasteiger partial charge in [0, 0.05) is 7.26 Å². The van der Waals surface area contributed by atoms with Crippen LogP contribution in [-0.4, -0.2) is 33.0 Å². The van der Waals surface area contributed by atoms with Crippen LogP contribution in [0.5, 0.6) is 0 Å². The van der Waals surface area contributed by atoms with E-state index in [-0.39, 0.29) is 4.90 Å². The van der Waals surface area contributed by atoms with E-state index in [2.05, 4.69) is 50.3 Å². The largest absolute Gasteiger partial charge is 0.744 e. The van der Waals surface area contributed by atoms with Crippen LogP contribution >= 0.6 is 7.26 Å². The second-order valence-corrected chi connectivity index (χ2v) is 11.5. The number of benzene rings is 2. The molecular formula is C16H21O3PS. The van der Waals surface area contributed by atoms with Gasteiger partial charge in [0.1, 0.15) is 10.1 Å². The molecule has 0 atom stereocenters. The molecule has 0 radical (unpaired) electrons. The minimum Gasteiger partial charge on any atom is -0.744 e. The first kappa shape index (κ1) is 17.8. The Bertz CT molecular complexity index is 657. The van der Waals surface area contributed by atoms with Crippen molar-refractivity contribution >= 4 is 22.7 Å². The second kappa shape index (κ2) is 7.17. The first-order valence-corrected chi connectivity index (χ1v) is 11.0. The molecule has 3 nitrogen and oxygen atoms in total. The van der Waals surface area contributed by atoms with Gasteiger partial charge in [-0.05, 0) is 31.2 Å². The summed E-state index contributed by atoms with van der Waals surface area (Å²) in [6, 6.07) is 16.5. The van der Waals surface area contributed by atoms with Crippen molar-refractivity contribution in [1.82, 2.24) is 0 Å². The summed E-state index contributed by atoms with van der Waals surface area (Å²) in [6.45, 7) is 8.83. The van der Waals surface area contributed by atoms with Gasteiger partial charge in [-0.15, -0.1) is 0 Å². The molecule has 0 fully saturated rings. The molecule has 2 rings (SSSR count). The maximum atomic E-state index is 10.4. The van der Waals surface area contributed by atoms with Crippen molar-refractivity contribution in [3.63, 3.8) is 0 Å². The highest BCUT2D eigenvalue weighted by Crippen LogP contribution is 2.44. The van der Waals surface area contributed by atoms with Crippen LogP contribution in [0.2, 0.25) is 0 Å². The van der Waals surface area contributed by atoms with Crippen LogP contribution in [0.3, 0.4) is 0 Å². The molecule has 0 heterocycles. The van der Waals surface area contributed by atoms with Crippen molar-refractivity contribution in [1.29, 1.82) is 0 Å². The molecule has 0 bridgehead atoms. The molecule has 5 heteroatoms. The fourth-order valence-corrected chi connectivity index (χ4v) is 3.12. The summed E-state index contributed by atoms with van der Waals surface area (Å²) in [5, 5.41) is 1.51. The third kappa shape index (κ3) is 6.38. The molecule has 0 aliphatic rings. The third-order valence-corrected chi connectivity index (χ3v) is 5.54. The van der Waals surface area contributed by atoms with Crippen molar-refractivity contribution in [2.45, 2.75) is 11.8 Å². The Labute approximate surface area is 128 Å². The Kier molecular flexibility index (Phi) is 6.09. The van der Waals surface area contributed by atoms with Gasteiger partial charge in [0.15, 0.2) is 0 Å². The number of hydrogen-bond acceptors (Lipinski definition) is 3. The molecule has 0 aliphatic heterocycles. The van der Waals surface area contributed by atoms with Crippen LogP contribution in [0.15, 0.2) is 59.5 Å². The molecule has 0 unspecified atom stereocenters. The van der Waals surface area contributed by atoms with E-state index in [4.69, 9.17) is 0 Å². The summed E-state index contributed by atoms with van der Waals surface area (Å²) in [4.78, 5) is -0.178. The first-order chi connectivity index (χ1) is 9.60. The van der Waals surface area contributed by atoms with E-state index in [0.29, 0.717) is 0 Å². The van der Waals surface area contributed by atoms with Gasteiger partial charge >= 0.3 is 0 Å². The number of aryl methyl sites for hydroxylation is 1. The lowest BCUT2D eigenvalue weighted by molar-refractivity contribution is 0.463. The minimum absolute atomic E-state index is 0.178. The molecule has 0 saturated heterocycles. The highest BCUT2D eigenvalue weighted by atomic mass is 32.2. The predicted octanol–water partition coefficient (Wildman–Crippen LogP) is 3.12. The topological polar surface area (TPSA) is 57.2 Å².